The predicted molar refractivity (Wildman–Crippen MR) is 117 cm³/mol. The number of halogens is 4. The van der Waals surface area contributed by atoms with Gasteiger partial charge in [-0.2, -0.15) is 18.3 Å². The fourth-order valence-electron chi connectivity index (χ4n) is 3.70. The average Bonchev–Trinajstić information content (AvgIpc) is 3.23. The topological polar surface area (TPSA) is 77.4 Å². The highest BCUT2D eigenvalue weighted by atomic mass is 35.5. The maximum absolute atomic E-state index is 13.9. The lowest BCUT2D eigenvalue weighted by atomic mass is 9.96. The average molecular weight is 481 g/mol. The van der Waals surface area contributed by atoms with Gasteiger partial charge in [-0.15, -0.1) is 0 Å². The normalized spacial score (nSPS) is 17.6. The molecule has 174 valence electrons. The van der Waals surface area contributed by atoms with Gasteiger partial charge >= 0.3 is 6.18 Å². The molecule has 2 N–H and O–H groups in total. The monoisotopic (exact) mass is 480 g/mol. The Morgan fingerprint density at radius 3 is 2.45 bits per heavy atom. The summed E-state index contributed by atoms with van der Waals surface area (Å²) >= 11 is 5.83. The number of benzene rings is 2. The molecule has 11 heteroatoms. The lowest BCUT2D eigenvalue weighted by Crippen LogP contribution is -2.35. The van der Waals surface area contributed by atoms with Gasteiger partial charge in [-0.1, -0.05) is 17.7 Å². The van der Waals surface area contributed by atoms with Crippen LogP contribution in [0.4, 0.5) is 24.7 Å². The molecule has 1 amide bonds. The van der Waals surface area contributed by atoms with E-state index in [-0.39, 0.29) is 17.9 Å². The number of rotatable bonds is 5. The minimum Gasteiger partial charge on any atom is -0.493 e. The Balaban J connectivity index is 1.64. The molecule has 0 fully saturated rings. The number of carbonyl (C=O) groups excluding carboxylic acids is 1. The lowest BCUT2D eigenvalue weighted by Gasteiger charge is -2.33. The Morgan fingerprint density at radius 1 is 1.12 bits per heavy atom. The van der Waals surface area contributed by atoms with Crippen LogP contribution in [0.2, 0.25) is 5.02 Å². The summed E-state index contributed by atoms with van der Waals surface area (Å²) in [6, 6.07) is 9.98. The summed E-state index contributed by atoms with van der Waals surface area (Å²) in [6.45, 7) is 0. The van der Waals surface area contributed by atoms with Crippen LogP contribution in [0.1, 0.15) is 34.6 Å². The largest absolute Gasteiger partial charge is 0.493 e. The molecule has 2 atom stereocenters. The number of methoxy groups -OCH3 is 2. The standard InChI is InChI=1S/C22H20ClF3N4O3/c1-32-17-8-3-12(9-18(17)33-2)15-10-19(22(24,25)26)30-20(28-15)11-16(29-30)21(31)27-14-6-4-13(23)5-7-14/h3-9,11,15,19,28H,10H2,1-2H3,(H,27,31)/t15-,19+/m1/s1. The van der Waals surface area contributed by atoms with E-state index in [1.54, 1.807) is 42.5 Å². The van der Waals surface area contributed by atoms with Gasteiger partial charge in [0.05, 0.1) is 20.3 Å². The van der Waals surface area contributed by atoms with Gasteiger partial charge < -0.3 is 20.1 Å². The predicted octanol–water partition coefficient (Wildman–Crippen LogP) is 5.47. The Bertz CT molecular complexity index is 1160. The van der Waals surface area contributed by atoms with Crippen LogP contribution in [0.15, 0.2) is 48.5 Å². The number of aromatic nitrogens is 2. The highest BCUT2D eigenvalue weighted by Gasteiger charge is 2.47. The Hall–Kier alpha value is -3.40. The zero-order valence-electron chi connectivity index (χ0n) is 17.6. The van der Waals surface area contributed by atoms with E-state index in [2.05, 4.69) is 15.7 Å². The molecular weight excluding hydrogens is 461 g/mol. The second-order valence-corrected chi connectivity index (χ2v) is 7.86. The van der Waals surface area contributed by atoms with Crippen molar-refractivity contribution in [1.82, 2.24) is 9.78 Å². The number of alkyl halides is 3. The van der Waals surface area contributed by atoms with Gasteiger partial charge in [-0.05, 0) is 42.0 Å². The first-order chi connectivity index (χ1) is 15.7. The van der Waals surface area contributed by atoms with Crippen molar-refractivity contribution in [2.75, 3.05) is 24.9 Å². The van der Waals surface area contributed by atoms with Crippen LogP contribution < -0.4 is 20.1 Å². The second-order valence-electron chi connectivity index (χ2n) is 7.42. The zero-order chi connectivity index (χ0) is 23.8. The van der Waals surface area contributed by atoms with Gasteiger partial charge in [-0.3, -0.25) is 4.79 Å². The van der Waals surface area contributed by atoms with Crippen molar-refractivity contribution in [3.8, 4) is 11.5 Å². The minimum absolute atomic E-state index is 0.0876. The number of nitrogens with one attached hydrogen (secondary N) is 2. The first kappa shape index (κ1) is 22.8. The molecule has 0 saturated heterocycles. The molecule has 0 bridgehead atoms. The van der Waals surface area contributed by atoms with Crippen LogP contribution in [0.5, 0.6) is 11.5 Å². The SMILES string of the molecule is COc1ccc([C@H]2C[C@@H](C(F)(F)F)n3nc(C(=O)Nc4ccc(Cl)cc4)cc3N2)cc1OC. The fraction of sp³-hybridized carbons (Fsp3) is 0.273. The molecule has 0 aliphatic carbocycles. The number of anilines is 2. The Morgan fingerprint density at radius 2 is 1.82 bits per heavy atom. The van der Waals surface area contributed by atoms with E-state index >= 15 is 0 Å². The molecule has 0 saturated carbocycles. The van der Waals surface area contributed by atoms with Crippen LogP contribution in [0.25, 0.3) is 0 Å². The van der Waals surface area contributed by atoms with Crippen LogP contribution in [-0.2, 0) is 0 Å². The lowest BCUT2D eigenvalue weighted by molar-refractivity contribution is -0.173. The summed E-state index contributed by atoms with van der Waals surface area (Å²) < 4.78 is 53.1. The summed E-state index contributed by atoms with van der Waals surface area (Å²) in [5.74, 6) is 0.326. The summed E-state index contributed by atoms with van der Waals surface area (Å²) in [4.78, 5) is 12.6. The first-order valence-electron chi connectivity index (χ1n) is 9.91. The fourth-order valence-corrected chi connectivity index (χ4v) is 3.83. The number of amides is 1. The van der Waals surface area contributed by atoms with E-state index in [0.29, 0.717) is 27.8 Å². The molecule has 0 unspecified atom stereocenters. The molecule has 3 aromatic rings. The molecule has 33 heavy (non-hydrogen) atoms. The van der Waals surface area contributed by atoms with Crippen molar-refractivity contribution >= 4 is 29.0 Å². The number of hydrogen-bond donors (Lipinski definition) is 2. The number of fused-ring (bicyclic) bond motifs is 1. The maximum Gasteiger partial charge on any atom is 0.410 e. The summed E-state index contributed by atoms with van der Waals surface area (Å²) in [6.07, 6.45) is -4.88. The molecule has 7 nitrogen and oxygen atoms in total. The molecule has 0 radical (unpaired) electrons. The number of nitrogens with zero attached hydrogens (tertiary/aromatic N) is 2. The first-order valence-corrected chi connectivity index (χ1v) is 10.3. The van der Waals surface area contributed by atoms with Gasteiger partial charge in [0, 0.05) is 23.2 Å². The van der Waals surface area contributed by atoms with Crippen molar-refractivity contribution in [2.45, 2.75) is 24.7 Å². The van der Waals surface area contributed by atoms with E-state index in [9.17, 15) is 18.0 Å². The van der Waals surface area contributed by atoms with Crippen molar-refractivity contribution in [3.63, 3.8) is 0 Å². The molecule has 1 aromatic heterocycles. The molecule has 1 aliphatic heterocycles. The van der Waals surface area contributed by atoms with Gasteiger partial charge in [0.25, 0.3) is 5.91 Å². The summed E-state index contributed by atoms with van der Waals surface area (Å²) in [5, 5.41) is 10.1. The van der Waals surface area contributed by atoms with Crippen molar-refractivity contribution in [1.29, 1.82) is 0 Å². The minimum atomic E-state index is -4.57. The highest BCUT2D eigenvalue weighted by Crippen LogP contribution is 2.44. The third-order valence-electron chi connectivity index (χ3n) is 5.33. The Kier molecular flexibility index (Phi) is 6.11. The third-order valence-corrected chi connectivity index (χ3v) is 5.59. The molecule has 4 rings (SSSR count). The summed E-state index contributed by atoms with van der Waals surface area (Å²) in [7, 11) is 2.93. The van der Waals surface area contributed by atoms with Gasteiger partial charge in [-0.25, -0.2) is 4.68 Å². The quantitative estimate of drug-likeness (QED) is 0.506. The smallest absolute Gasteiger partial charge is 0.410 e. The van der Waals surface area contributed by atoms with E-state index < -0.39 is 24.2 Å². The van der Waals surface area contributed by atoms with Crippen LogP contribution >= 0.6 is 11.6 Å². The third kappa shape index (κ3) is 4.70. The van der Waals surface area contributed by atoms with Gasteiger partial charge in [0.2, 0.25) is 0 Å². The molecular formula is C22H20ClF3N4O3. The summed E-state index contributed by atoms with van der Waals surface area (Å²) in [5.41, 5.74) is 0.884. The number of hydrogen-bond acceptors (Lipinski definition) is 5. The van der Waals surface area contributed by atoms with Gasteiger partial charge in [0.15, 0.2) is 23.2 Å². The maximum atomic E-state index is 13.9. The van der Waals surface area contributed by atoms with E-state index in [0.717, 1.165) is 4.68 Å². The molecule has 1 aliphatic rings. The van der Waals surface area contributed by atoms with Crippen molar-refractivity contribution < 1.29 is 27.4 Å². The molecule has 2 aromatic carbocycles. The highest BCUT2D eigenvalue weighted by molar-refractivity contribution is 6.30. The van der Waals surface area contributed by atoms with Crippen LogP contribution in [0.3, 0.4) is 0 Å². The van der Waals surface area contributed by atoms with Gasteiger partial charge in [0.1, 0.15) is 5.82 Å². The zero-order valence-corrected chi connectivity index (χ0v) is 18.4. The van der Waals surface area contributed by atoms with Crippen molar-refractivity contribution in [2.24, 2.45) is 0 Å². The van der Waals surface area contributed by atoms with Crippen LogP contribution in [-0.4, -0.2) is 36.1 Å². The number of ether oxygens (including phenoxy) is 2. The van der Waals surface area contributed by atoms with Crippen LogP contribution in [0, 0.1) is 0 Å². The second kappa shape index (κ2) is 8.86. The molecule has 2 heterocycles. The van der Waals surface area contributed by atoms with E-state index in [1.807, 2.05) is 0 Å². The van der Waals surface area contributed by atoms with E-state index in [4.69, 9.17) is 21.1 Å². The van der Waals surface area contributed by atoms with E-state index in [1.165, 1.54) is 20.3 Å². The molecule has 0 spiro atoms. The Labute approximate surface area is 192 Å². The van der Waals surface area contributed by atoms with Crippen molar-refractivity contribution in [3.05, 3.63) is 64.8 Å². The number of carbonyl (C=O) groups is 1.